The Morgan fingerprint density at radius 3 is 2.45 bits per heavy atom. The zero-order chi connectivity index (χ0) is 21.6. The fourth-order valence-corrected chi connectivity index (χ4v) is 2.74. The molecule has 1 N–H and O–H groups in total. The van der Waals surface area contributed by atoms with Gasteiger partial charge in [0, 0.05) is 23.8 Å². The lowest BCUT2D eigenvalue weighted by atomic mass is 9.99. The molecule has 29 heavy (non-hydrogen) atoms. The molecule has 0 aromatic heterocycles. The van der Waals surface area contributed by atoms with E-state index in [0.717, 1.165) is 5.57 Å². The first-order valence-corrected chi connectivity index (χ1v) is 8.85. The number of nitro benzene ring substituents is 1. The summed E-state index contributed by atoms with van der Waals surface area (Å²) in [5, 5.41) is 21.7. The fourth-order valence-electron chi connectivity index (χ4n) is 2.74. The lowest BCUT2D eigenvalue weighted by molar-refractivity contribution is -0.384. The minimum atomic E-state index is -0.507. The lowest BCUT2D eigenvalue weighted by Gasteiger charge is -2.15. The number of carbonyl (C=O) groups is 1. The van der Waals surface area contributed by atoms with Gasteiger partial charge in [-0.1, -0.05) is 29.9 Å². The summed E-state index contributed by atoms with van der Waals surface area (Å²) >= 11 is 0. The molecule has 152 valence electrons. The van der Waals surface area contributed by atoms with Gasteiger partial charge in [0.05, 0.1) is 19.1 Å². The maximum Gasteiger partial charge on any atom is 0.270 e. The van der Waals surface area contributed by atoms with Gasteiger partial charge in [0.2, 0.25) is 0 Å². The van der Waals surface area contributed by atoms with Crippen LogP contribution in [0.15, 0.2) is 48.1 Å². The molecule has 0 bridgehead atoms. The number of carbonyl (C=O) groups excluding carboxylic acids is 1. The molecule has 0 aliphatic heterocycles. The molecule has 0 saturated heterocycles. The number of phenolic OH excluding ortho intramolecular Hbond substituents is 1. The molecule has 0 spiro atoms. The van der Waals surface area contributed by atoms with Crippen molar-refractivity contribution in [2.24, 2.45) is 0 Å². The normalized spacial score (nSPS) is 10.6. The molecule has 0 aliphatic carbocycles. The van der Waals surface area contributed by atoms with Crippen LogP contribution >= 0.6 is 0 Å². The van der Waals surface area contributed by atoms with Gasteiger partial charge < -0.3 is 14.6 Å². The topological polar surface area (TPSA) is 98.9 Å². The Morgan fingerprint density at radius 2 is 1.86 bits per heavy atom. The summed E-state index contributed by atoms with van der Waals surface area (Å²) < 4.78 is 10.6. The highest BCUT2D eigenvalue weighted by Crippen LogP contribution is 2.39. The van der Waals surface area contributed by atoms with E-state index in [9.17, 15) is 20.0 Å². The summed E-state index contributed by atoms with van der Waals surface area (Å²) in [6.07, 6.45) is 5.00. The fraction of sp³-hybridized carbons (Fsp3) is 0.227. The Kier molecular flexibility index (Phi) is 7.14. The van der Waals surface area contributed by atoms with Gasteiger partial charge in [-0.3, -0.25) is 14.9 Å². The SMILES string of the molecule is COc1cc(OC)c(C(=O)/C=C/c2cccc([N+](=O)[O-])c2)c(O)c1CC=C(C)C. The van der Waals surface area contributed by atoms with E-state index in [1.165, 1.54) is 44.6 Å². The average molecular weight is 397 g/mol. The van der Waals surface area contributed by atoms with Gasteiger partial charge in [-0.15, -0.1) is 0 Å². The monoisotopic (exact) mass is 397 g/mol. The Morgan fingerprint density at radius 1 is 1.17 bits per heavy atom. The quantitative estimate of drug-likeness (QED) is 0.227. The highest BCUT2D eigenvalue weighted by Gasteiger charge is 2.22. The number of ether oxygens (including phenoxy) is 2. The third-order valence-corrected chi connectivity index (χ3v) is 4.24. The minimum absolute atomic E-state index is 0.00661. The Hall–Kier alpha value is -3.61. The van der Waals surface area contributed by atoms with Crippen molar-refractivity contribution in [3.8, 4) is 17.2 Å². The molecule has 0 heterocycles. The maximum atomic E-state index is 12.8. The molecule has 2 aromatic carbocycles. The van der Waals surface area contributed by atoms with Crippen LogP contribution in [0.5, 0.6) is 17.2 Å². The molecule has 2 rings (SSSR count). The van der Waals surface area contributed by atoms with Gasteiger partial charge in [-0.05, 0) is 31.9 Å². The van der Waals surface area contributed by atoms with Gasteiger partial charge in [0.25, 0.3) is 5.69 Å². The predicted octanol–water partition coefficient (Wildman–Crippen LogP) is 4.72. The molecule has 0 unspecified atom stereocenters. The van der Waals surface area contributed by atoms with Crippen LogP contribution in [-0.4, -0.2) is 30.0 Å². The summed E-state index contributed by atoms with van der Waals surface area (Å²) in [6.45, 7) is 3.86. The summed E-state index contributed by atoms with van der Waals surface area (Å²) in [7, 11) is 2.87. The molecule has 0 atom stereocenters. The van der Waals surface area contributed by atoms with Crippen LogP contribution in [0.3, 0.4) is 0 Å². The number of hydrogen-bond acceptors (Lipinski definition) is 6. The lowest BCUT2D eigenvalue weighted by Crippen LogP contribution is -2.04. The van der Waals surface area contributed by atoms with Gasteiger partial charge in [0.1, 0.15) is 22.8 Å². The number of hydrogen-bond donors (Lipinski definition) is 1. The van der Waals surface area contributed by atoms with Gasteiger partial charge in [-0.25, -0.2) is 0 Å². The van der Waals surface area contributed by atoms with Crippen molar-refractivity contribution in [2.45, 2.75) is 20.3 Å². The van der Waals surface area contributed by atoms with E-state index in [1.54, 1.807) is 12.1 Å². The van der Waals surface area contributed by atoms with Crippen LogP contribution in [0.25, 0.3) is 6.08 Å². The second-order valence-corrected chi connectivity index (χ2v) is 6.52. The molecule has 0 amide bonds. The predicted molar refractivity (Wildman–Crippen MR) is 111 cm³/mol. The first-order chi connectivity index (χ1) is 13.8. The van der Waals surface area contributed by atoms with Crippen LogP contribution in [0.1, 0.15) is 35.3 Å². The zero-order valence-electron chi connectivity index (χ0n) is 16.8. The van der Waals surface area contributed by atoms with Crippen molar-refractivity contribution in [2.75, 3.05) is 14.2 Å². The second kappa shape index (κ2) is 9.54. The molecule has 0 fully saturated rings. The summed E-state index contributed by atoms with van der Waals surface area (Å²) in [5.74, 6) is -0.121. The minimum Gasteiger partial charge on any atom is -0.507 e. The number of non-ortho nitro benzene ring substituents is 1. The largest absolute Gasteiger partial charge is 0.507 e. The van der Waals surface area contributed by atoms with E-state index < -0.39 is 10.7 Å². The van der Waals surface area contributed by atoms with Crippen LogP contribution in [0, 0.1) is 10.1 Å². The van der Waals surface area contributed by atoms with Gasteiger partial charge in [0.15, 0.2) is 5.78 Å². The van der Waals surface area contributed by atoms with E-state index in [-0.39, 0.29) is 22.7 Å². The van der Waals surface area contributed by atoms with Crippen molar-refractivity contribution >= 4 is 17.5 Å². The molecule has 0 saturated carbocycles. The van der Waals surface area contributed by atoms with Crippen LogP contribution in [0.2, 0.25) is 0 Å². The average Bonchev–Trinajstić information content (AvgIpc) is 2.70. The Bertz CT molecular complexity index is 987. The molecule has 2 aromatic rings. The molecule has 7 heteroatoms. The smallest absolute Gasteiger partial charge is 0.270 e. The zero-order valence-corrected chi connectivity index (χ0v) is 16.8. The van der Waals surface area contributed by atoms with Gasteiger partial charge >= 0.3 is 0 Å². The van der Waals surface area contributed by atoms with E-state index in [4.69, 9.17) is 9.47 Å². The first kappa shape index (κ1) is 21.7. The van der Waals surface area contributed by atoms with Crippen molar-refractivity contribution in [1.29, 1.82) is 0 Å². The number of aromatic hydroxyl groups is 1. The third-order valence-electron chi connectivity index (χ3n) is 4.24. The summed E-state index contributed by atoms with van der Waals surface area (Å²) in [6, 6.07) is 7.46. The molecule has 0 radical (unpaired) electrons. The molecular formula is C22H23NO6. The number of rotatable bonds is 8. The second-order valence-electron chi connectivity index (χ2n) is 6.52. The number of allylic oxidation sites excluding steroid dienone is 3. The summed E-state index contributed by atoms with van der Waals surface area (Å²) in [4.78, 5) is 23.2. The number of methoxy groups -OCH3 is 2. The van der Waals surface area contributed by atoms with E-state index in [0.29, 0.717) is 23.3 Å². The highest BCUT2D eigenvalue weighted by molar-refractivity contribution is 6.11. The number of phenols is 1. The van der Waals surface area contributed by atoms with E-state index in [2.05, 4.69) is 0 Å². The molecule has 0 aliphatic rings. The number of nitro groups is 1. The number of ketones is 1. The highest BCUT2D eigenvalue weighted by atomic mass is 16.6. The third kappa shape index (κ3) is 5.22. The van der Waals surface area contributed by atoms with Crippen molar-refractivity contribution in [3.63, 3.8) is 0 Å². The Labute approximate surface area is 169 Å². The van der Waals surface area contributed by atoms with Crippen LogP contribution in [-0.2, 0) is 6.42 Å². The molecule has 7 nitrogen and oxygen atoms in total. The maximum absolute atomic E-state index is 12.8. The van der Waals surface area contributed by atoms with Gasteiger partial charge in [-0.2, -0.15) is 0 Å². The number of nitrogens with zero attached hydrogens (tertiary/aromatic N) is 1. The standard InChI is InChI=1S/C22H23NO6/c1-14(2)8-10-17-19(28-3)13-20(29-4)21(22(17)25)18(24)11-9-15-6-5-7-16(12-15)23(26)27/h5-9,11-13,25H,10H2,1-4H3/b11-9+. The van der Waals surface area contributed by atoms with Crippen LogP contribution in [0.4, 0.5) is 5.69 Å². The van der Waals surface area contributed by atoms with Crippen molar-refractivity contribution in [3.05, 3.63) is 74.9 Å². The van der Waals surface area contributed by atoms with Crippen LogP contribution < -0.4 is 9.47 Å². The van der Waals surface area contributed by atoms with Crippen molar-refractivity contribution in [1.82, 2.24) is 0 Å². The summed E-state index contributed by atoms with van der Waals surface area (Å²) in [5.41, 5.74) is 1.95. The van der Waals surface area contributed by atoms with Crippen molar-refractivity contribution < 1.29 is 24.3 Å². The first-order valence-electron chi connectivity index (χ1n) is 8.85. The Balaban J connectivity index is 2.47. The van der Waals surface area contributed by atoms with E-state index >= 15 is 0 Å². The molecular weight excluding hydrogens is 374 g/mol. The van der Waals surface area contributed by atoms with E-state index in [1.807, 2.05) is 19.9 Å². The number of benzene rings is 2.